The van der Waals surface area contributed by atoms with Crippen molar-refractivity contribution in [1.29, 1.82) is 0 Å². The summed E-state index contributed by atoms with van der Waals surface area (Å²) in [6.45, 7) is 2.05. The molecule has 12 nitrogen and oxygen atoms in total. The molecule has 3 aromatic carbocycles. The van der Waals surface area contributed by atoms with Crippen molar-refractivity contribution in [3.8, 4) is 34.7 Å². The van der Waals surface area contributed by atoms with E-state index in [-0.39, 0.29) is 40.5 Å². The van der Waals surface area contributed by atoms with Gasteiger partial charge in [0.05, 0.1) is 41.1 Å². The van der Waals surface area contributed by atoms with Gasteiger partial charge < -0.3 is 18.6 Å². The Labute approximate surface area is 267 Å². The number of hydrogen-bond acceptors (Lipinski definition) is 10. The summed E-state index contributed by atoms with van der Waals surface area (Å²) in [4.78, 5) is 32.9. The van der Waals surface area contributed by atoms with E-state index in [1.165, 1.54) is 18.3 Å². The number of aromatic nitrogens is 3. The van der Waals surface area contributed by atoms with Crippen LogP contribution in [-0.2, 0) is 0 Å². The molecule has 0 bridgehead atoms. The van der Waals surface area contributed by atoms with Crippen molar-refractivity contribution < 1.29 is 23.6 Å². The molecule has 0 aliphatic heterocycles. The van der Waals surface area contributed by atoms with Crippen LogP contribution in [0.5, 0.6) is 23.1 Å². The highest BCUT2D eigenvalue weighted by molar-refractivity contribution is 9.10. The predicted octanol–water partition coefficient (Wildman–Crippen LogP) is 7.61. The monoisotopic (exact) mass is 689 g/mol. The molecule has 14 heteroatoms. The normalized spacial score (nSPS) is 11.4. The Morgan fingerprint density at radius 1 is 1.11 bits per heavy atom. The summed E-state index contributed by atoms with van der Waals surface area (Å²) in [6.07, 6.45) is 2.50. The molecule has 0 amide bonds. The average molecular weight is 691 g/mol. The Morgan fingerprint density at radius 2 is 1.93 bits per heavy atom. The van der Waals surface area contributed by atoms with Crippen molar-refractivity contribution in [3.05, 3.63) is 108 Å². The highest BCUT2D eigenvalue weighted by Crippen LogP contribution is 2.44. The van der Waals surface area contributed by atoms with E-state index in [4.69, 9.17) is 35.2 Å². The molecule has 0 N–H and O–H groups in total. The van der Waals surface area contributed by atoms with Crippen molar-refractivity contribution in [2.24, 2.45) is 5.10 Å². The minimum atomic E-state index is -0.563. The number of hydrogen-bond donors (Lipinski definition) is 0. The molecule has 45 heavy (non-hydrogen) atoms. The van der Waals surface area contributed by atoms with Gasteiger partial charge in [-0.25, -0.2) is 9.97 Å². The van der Waals surface area contributed by atoms with Gasteiger partial charge in [-0.15, -0.1) is 0 Å². The van der Waals surface area contributed by atoms with E-state index < -0.39 is 10.5 Å². The lowest BCUT2D eigenvalue weighted by Crippen LogP contribution is -2.20. The molecule has 3 aromatic heterocycles. The van der Waals surface area contributed by atoms with Crippen LogP contribution in [0.15, 0.2) is 91.7 Å². The Hall–Kier alpha value is -5.27. The number of fused-ring (bicyclic) bond motifs is 2. The second kappa shape index (κ2) is 12.4. The number of pyridine rings is 1. The number of ether oxygens (including phenoxy) is 3. The van der Waals surface area contributed by atoms with E-state index in [9.17, 15) is 14.9 Å². The van der Waals surface area contributed by atoms with Gasteiger partial charge in [0.2, 0.25) is 11.7 Å². The summed E-state index contributed by atoms with van der Waals surface area (Å²) in [5.41, 5.74) is 0.864. The summed E-state index contributed by atoms with van der Waals surface area (Å²) < 4.78 is 24.8. The van der Waals surface area contributed by atoms with Crippen LogP contribution in [0, 0.1) is 10.1 Å². The maximum Gasteiger partial charge on any atom is 0.287 e. The summed E-state index contributed by atoms with van der Waals surface area (Å²) in [6, 6.07) is 18.3. The number of benzene rings is 3. The van der Waals surface area contributed by atoms with Gasteiger partial charge in [0.1, 0.15) is 22.6 Å². The number of para-hydroxylation sites is 1. The largest absolute Gasteiger partial charge is 0.496 e. The van der Waals surface area contributed by atoms with Crippen LogP contribution in [0.2, 0.25) is 5.02 Å². The lowest BCUT2D eigenvalue weighted by atomic mass is 10.2. The molecule has 0 spiro atoms. The van der Waals surface area contributed by atoms with Crippen molar-refractivity contribution >= 4 is 61.3 Å². The Kier molecular flexibility index (Phi) is 8.20. The molecule has 6 rings (SSSR count). The first-order valence-electron chi connectivity index (χ1n) is 13.3. The van der Waals surface area contributed by atoms with Crippen molar-refractivity contribution in [1.82, 2.24) is 14.6 Å². The van der Waals surface area contributed by atoms with Crippen molar-refractivity contribution in [3.63, 3.8) is 0 Å². The molecular weight excluding hydrogens is 670 g/mol. The van der Waals surface area contributed by atoms with Gasteiger partial charge in [0.25, 0.3) is 11.2 Å². The molecule has 0 unspecified atom stereocenters. The van der Waals surface area contributed by atoms with Gasteiger partial charge in [0, 0.05) is 22.2 Å². The van der Waals surface area contributed by atoms with Gasteiger partial charge in [0.15, 0.2) is 17.3 Å². The number of furan rings is 1. The van der Waals surface area contributed by atoms with E-state index in [2.05, 4.69) is 26.0 Å². The smallest absolute Gasteiger partial charge is 0.287 e. The lowest BCUT2D eigenvalue weighted by molar-refractivity contribution is -0.385. The molecule has 6 aromatic rings. The highest BCUT2D eigenvalue weighted by Gasteiger charge is 2.21. The van der Waals surface area contributed by atoms with Crippen LogP contribution in [-0.4, -0.2) is 39.5 Å². The first-order valence-corrected chi connectivity index (χ1v) is 14.5. The molecule has 0 saturated carbocycles. The molecule has 0 aliphatic rings. The predicted molar refractivity (Wildman–Crippen MR) is 172 cm³/mol. The van der Waals surface area contributed by atoms with E-state index in [0.29, 0.717) is 43.4 Å². The Morgan fingerprint density at radius 3 is 2.67 bits per heavy atom. The fourth-order valence-electron chi connectivity index (χ4n) is 4.53. The quantitative estimate of drug-likeness (QED) is 0.0850. The van der Waals surface area contributed by atoms with Gasteiger partial charge >= 0.3 is 0 Å². The van der Waals surface area contributed by atoms with Crippen LogP contribution >= 0.6 is 27.5 Å². The number of nitro groups is 1. The topological polar surface area (TPSA) is 144 Å². The zero-order valence-electron chi connectivity index (χ0n) is 23.6. The lowest BCUT2D eigenvalue weighted by Gasteiger charge is -2.15. The van der Waals surface area contributed by atoms with Crippen LogP contribution in [0.1, 0.15) is 12.5 Å². The molecule has 0 aliphatic carbocycles. The Balaban J connectivity index is 1.46. The van der Waals surface area contributed by atoms with Gasteiger partial charge in [-0.3, -0.25) is 14.9 Å². The molecule has 0 fully saturated rings. The molecule has 226 valence electrons. The van der Waals surface area contributed by atoms with E-state index in [0.717, 1.165) is 10.9 Å². The summed E-state index contributed by atoms with van der Waals surface area (Å²) in [5, 5.41) is 16.7. The van der Waals surface area contributed by atoms with Crippen LogP contribution in [0.3, 0.4) is 0 Å². The standard InChI is InChI=1S/C31H21BrClN5O7/c1-3-43-24-13-17(27(32)28(33)29(24)45-26-12-11-18(16-34-26)38(40)41)15-35-37-30(36-21-8-5-4-7-19(21)31(37)39)25-14-20-22(42-2)9-6-10-23(20)44-25/h4-16H,3H2,1-2H3. The third kappa shape index (κ3) is 5.70. The highest BCUT2D eigenvalue weighted by atomic mass is 79.9. The van der Waals surface area contributed by atoms with Crippen molar-refractivity contribution in [2.75, 3.05) is 13.7 Å². The zero-order chi connectivity index (χ0) is 31.7. The van der Waals surface area contributed by atoms with Crippen LogP contribution in [0.4, 0.5) is 5.69 Å². The SMILES string of the molecule is CCOc1cc(C=Nn2c(-c3cc4c(OC)cccc4o3)nc3ccccc3c2=O)c(Br)c(Cl)c1Oc1ccc([N+](=O)[O-])cn1. The van der Waals surface area contributed by atoms with E-state index in [1.807, 2.05) is 6.07 Å². The average Bonchev–Trinajstić information content (AvgIpc) is 3.49. The number of halogens is 2. The Bertz CT molecular complexity index is 2180. The van der Waals surface area contributed by atoms with Gasteiger partial charge in [-0.05, 0) is 59.3 Å². The molecular formula is C31H21BrClN5O7. The summed E-state index contributed by atoms with van der Waals surface area (Å²) in [7, 11) is 1.56. The van der Waals surface area contributed by atoms with E-state index in [1.54, 1.807) is 62.6 Å². The van der Waals surface area contributed by atoms with E-state index >= 15 is 0 Å². The molecule has 0 atom stereocenters. The third-order valence-electron chi connectivity index (χ3n) is 6.62. The first kappa shape index (κ1) is 29.8. The third-order valence-corrected chi connectivity index (χ3v) is 8.07. The van der Waals surface area contributed by atoms with Gasteiger partial charge in [-0.1, -0.05) is 29.8 Å². The van der Waals surface area contributed by atoms with Gasteiger partial charge in [-0.2, -0.15) is 9.78 Å². The molecule has 0 saturated heterocycles. The minimum Gasteiger partial charge on any atom is -0.496 e. The van der Waals surface area contributed by atoms with Crippen molar-refractivity contribution in [2.45, 2.75) is 6.92 Å². The molecule has 3 heterocycles. The first-order chi connectivity index (χ1) is 21.8. The fourth-order valence-corrected chi connectivity index (χ4v) is 5.17. The number of methoxy groups -OCH3 is 1. The molecule has 0 radical (unpaired) electrons. The maximum absolute atomic E-state index is 13.7. The minimum absolute atomic E-state index is 0.0673. The second-order valence-corrected chi connectivity index (χ2v) is 10.5. The number of nitrogens with zero attached hydrogens (tertiary/aromatic N) is 5. The fraction of sp³-hybridized carbons (Fsp3) is 0.0968. The summed E-state index contributed by atoms with van der Waals surface area (Å²) in [5.74, 6) is 1.53. The summed E-state index contributed by atoms with van der Waals surface area (Å²) >= 11 is 10.2. The maximum atomic E-state index is 13.7. The number of rotatable bonds is 9. The zero-order valence-corrected chi connectivity index (χ0v) is 25.9. The van der Waals surface area contributed by atoms with Crippen LogP contribution in [0.25, 0.3) is 33.5 Å². The second-order valence-electron chi connectivity index (χ2n) is 9.36. The van der Waals surface area contributed by atoms with Crippen LogP contribution < -0.4 is 19.8 Å².